The van der Waals surface area contributed by atoms with E-state index in [9.17, 15) is 43.2 Å². The minimum atomic E-state index is -4.97. The number of unbranched alkanes of at least 4 members (excludes halogenated alkanes) is 58. The number of esters is 4. The van der Waals surface area contributed by atoms with Gasteiger partial charge in [-0.3, -0.25) is 37.3 Å². The summed E-state index contributed by atoms with van der Waals surface area (Å²) < 4.78 is 69.0. The Hall–Kier alpha value is -1.94. The number of phosphoric ester groups is 2. The van der Waals surface area contributed by atoms with Crippen LogP contribution in [0.4, 0.5) is 0 Å². The zero-order valence-corrected chi connectivity index (χ0v) is 71.4. The lowest BCUT2D eigenvalue weighted by molar-refractivity contribution is -0.161. The van der Waals surface area contributed by atoms with Crippen molar-refractivity contribution in [2.24, 2.45) is 5.92 Å². The molecule has 0 fully saturated rings. The number of ether oxygens (including phenoxy) is 4. The third kappa shape index (κ3) is 78.7. The Morgan fingerprint density at radius 1 is 0.264 bits per heavy atom. The van der Waals surface area contributed by atoms with Gasteiger partial charge in [0.2, 0.25) is 0 Å². The Kier molecular flexibility index (Phi) is 78.2. The van der Waals surface area contributed by atoms with Crippen LogP contribution < -0.4 is 0 Å². The van der Waals surface area contributed by atoms with Gasteiger partial charge in [0.25, 0.3) is 0 Å². The van der Waals surface area contributed by atoms with Gasteiger partial charge in [-0.25, -0.2) is 9.13 Å². The first-order valence-corrected chi connectivity index (χ1v) is 48.2. The topological polar surface area (TPSA) is 237 Å². The number of hydrogen-bond donors (Lipinski definition) is 3. The van der Waals surface area contributed by atoms with E-state index in [1.165, 1.54) is 295 Å². The number of aliphatic hydroxyl groups excluding tert-OH is 1. The Morgan fingerprint density at radius 2 is 0.453 bits per heavy atom. The van der Waals surface area contributed by atoms with Crippen molar-refractivity contribution in [1.29, 1.82) is 0 Å². The van der Waals surface area contributed by atoms with Crippen LogP contribution in [0.25, 0.3) is 0 Å². The van der Waals surface area contributed by atoms with Crippen molar-refractivity contribution < 1.29 is 80.2 Å². The summed E-state index contributed by atoms with van der Waals surface area (Å²) in [6.45, 7) is 7.43. The van der Waals surface area contributed by atoms with Crippen molar-refractivity contribution in [3.8, 4) is 0 Å². The first-order valence-electron chi connectivity index (χ1n) is 45.2. The van der Waals surface area contributed by atoms with Crippen LogP contribution >= 0.6 is 15.6 Å². The molecule has 6 atom stereocenters. The second kappa shape index (κ2) is 79.7. The number of aliphatic hydroxyl groups is 1. The number of carbonyl (C=O) groups is 4. The smallest absolute Gasteiger partial charge is 0.462 e. The van der Waals surface area contributed by atoms with E-state index in [0.29, 0.717) is 25.7 Å². The molecule has 0 aromatic heterocycles. The van der Waals surface area contributed by atoms with Gasteiger partial charge in [0.15, 0.2) is 12.2 Å². The SMILES string of the molecule is CCCCCCCCCCCCCCCCCCCCCCC(=O)O[C@H](COC(=O)CCCCCCCCCCCCCCCCC(C)CC)COP(=O)(O)OC[C@@H](O)COP(=O)(O)OC[C@@H](COC(=O)CCCCCCCCCCCCCC)OC(=O)CCCCCCCCCCCCCCCCCC. The molecule has 0 heterocycles. The van der Waals surface area contributed by atoms with Gasteiger partial charge in [-0.1, -0.05) is 420 Å². The Balaban J connectivity index is 5.25. The van der Waals surface area contributed by atoms with Crippen LogP contribution in [0.1, 0.15) is 471 Å². The van der Waals surface area contributed by atoms with Gasteiger partial charge in [0.1, 0.15) is 19.3 Å². The van der Waals surface area contributed by atoms with Crippen LogP contribution in [0.3, 0.4) is 0 Å². The third-order valence-corrected chi connectivity index (χ3v) is 22.8. The summed E-state index contributed by atoms with van der Waals surface area (Å²) in [5.41, 5.74) is 0. The quantitative estimate of drug-likeness (QED) is 0.0222. The molecule has 0 saturated carbocycles. The highest BCUT2D eigenvalue weighted by Gasteiger charge is 2.30. The highest BCUT2D eigenvalue weighted by molar-refractivity contribution is 7.47. The maximum absolute atomic E-state index is 13.2. The number of phosphoric acid groups is 2. The van der Waals surface area contributed by atoms with Crippen molar-refractivity contribution in [3.63, 3.8) is 0 Å². The van der Waals surface area contributed by atoms with Gasteiger partial charge < -0.3 is 33.8 Å². The summed E-state index contributed by atoms with van der Waals surface area (Å²) in [7, 11) is -9.93. The molecule has 0 aliphatic carbocycles. The monoisotopic (exact) mass is 1550 g/mol. The maximum atomic E-state index is 13.2. The van der Waals surface area contributed by atoms with E-state index >= 15 is 0 Å². The van der Waals surface area contributed by atoms with Crippen LogP contribution in [0.5, 0.6) is 0 Å². The van der Waals surface area contributed by atoms with Gasteiger partial charge in [-0.05, 0) is 31.6 Å². The lowest BCUT2D eigenvalue weighted by atomic mass is 9.99. The van der Waals surface area contributed by atoms with Crippen LogP contribution in [-0.4, -0.2) is 96.7 Å². The molecule has 0 aliphatic heterocycles. The second-order valence-electron chi connectivity index (χ2n) is 31.5. The predicted molar refractivity (Wildman–Crippen MR) is 437 cm³/mol. The molecular formula is C87H170O17P2. The van der Waals surface area contributed by atoms with Crippen molar-refractivity contribution in [2.75, 3.05) is 39.6 Å². The minimum absolute atomic E-state index is 0.109. The van der Waals surface area contributed by atoms with Crippen molar-refractivity contribution in [2.45, 2.75) is 490 Å². The third-order valence-electron chi connectivity index (χ3n) is 20.9. The van der Waals surface area contributed by atoms with E-state index in [2.05, 4.69) is 34.6 Å². The summed E-state index contributed by atoms with van der Waals surface area (Å²) >= 11 is 0. The normalized spacial score (nSPS) is 14.0. The van der Waals surface area contributed by atoms with E-state index in [-0.39, 0.29) is 25.7 Å². The largest absolute Gasteiger partial charge is 0.472 e. The van der Waals surface area contributed by atoms with E-state index in [4.69, 9.17) is 37.0 Å². The minimum Gasteiger partial charge on any atom is -0.462 e. The van der Waals surface area contributed by atoms with Gasteiger partial charge in [-0.2, -0.15) is 0 Å². The first-order chi connectivity index (χ1) is 51.6. The standard InChI is InChI=1S/C87H170O17P2/c1-6-10-13-16-19-22-25-28-30-32-33-34-35-37-43-48-53-58-63-68-73-87(92)104-83(77-98-85(90)71-66-61-56-51-46-41-39-38-40-44-49-54-59-64-69-80(5)9-4)79-102-106(95,96)100-75-81(88)74-99-105(93,94)101-78-82(76-97-84(89)70-65-60-55-50-45-27-24-21-18-15-12-8-3)103-86(91)72-67-62-57-52-47-42-36-31-29-26-23-20-17-14-11-7-2/h80-83,88H,6-79H2,1-5H3,(H,93,94)(H,95,96)/t80?,81-,82+,83+/m0/s1. The Morgan fingerprint density at radius 3 is 0.670 bits per heavy atom. The van der Waals surface area contributed by atoms with E-state index in [1.54, 1.807) is 0 Å². The summed E-state index contributed by atoms with van der Waals surface area (Å²) in [6, 6.07) is 0. The molecule has 0 aromatic rings. The lowest BCUT2D eigenvalue weighted by Gasteiger charge is -2.21. The average molecular weight is 1550 g/mol. The molecule has 0 radical (unpaired) electrons. The second-order valence-corrected chi connectivity index (χ2v) is 34.4. The summed E-state index contributed by atoms with van der Waals surface area (Å²) in [5.74, 6) is -1.25. The molecule has 3 unspecified atom stereocenters. The molecule has 630 valence electrons. The van der Waals surface area contributed by atoms with E-state index in [0.717, 1.165) is 95.8 Å². The molecule has 0 rings (SSSR count). The lowest BCUT2D eigenvalue weighted by Crippen LogP contribution is -2.30. The highest BCUT2D eigenvalue weighted by atomic mass is 31.2. The molecule has 106 heavy (non-hydrogen) atoms. The predicted octanol–water partition coefficient (Wildman–Crippen LogP) is 26.8. The molecule has 19 heteroatoms. The van der Waals surface area contributed by atoms with Crippen molar-refractivity contribution in [1.82, 2.24) is 0 Å². The number of hydrogen-bond acceptors (Lipinski definition) is 15. The van der Waals surface area contributed by atoms with Crippen LogP contribution in [0, 0.1) is 5.92 Å². The zero-order valence-electron chi connectivity index (χ0n) is 69.6. The van der Waals surface area contributed by atoms with Crippen LogP contribution in [0.2, 0.25) is 0 Å². The maximum Gasteiger partial charge on any atom is 0.472 e. The summed E-state index contributed by atoms with van der Waals surface area (Å²) in [5, 5.41) is 10.7. The van der Waals surface area contributed by atoms with Crippen LogP contribution in [-0.2, 0) is 65.4 Å². The van der Waals surface area contributed by atoms with E-state index in [1.807, 2.05) is 0 Å². The van der Waals surface area contributed by atoms with Crippen molar-refractivity contribution in [3.05, 3.63) is 0 Å². The van der Waals surface area contributed by atoms with Gasteiger partial charge >= 0.3 is 39.5 Å². The molecule has 0 aromatic carbocycles. The summed E-state index contributed by atoms with van der Waals surface area (Å²) in [6.07, 6.45) is 73.4. The fourth-order valence-electron chi connectivity index (χ4n) is 13.6. The number of carbonyl (C=O) groups excluding carboxylic acids is 4. The summed E-state index contributed by atoms with van der Waals surface area (Å²) in [4.78, 5) is 73.3. The Bertz CT molecular complexity index is 2020. The fourth-order valence-corrected chi connectivity index (χ4v) is 15.2. The molecule has 3 N–H and O–H groups in total. The molecule has 0 saturated heterocycles. The fraction of sp³-hybridized carbons (Fsp3) is 0.954. The molecular weight excluding hydrogens is 1380 g/mol. The molecule has 0 bridgehead atoms. The molecule has 17 nitrogen and oxygen atoms in total. The Labute approximate surface area is 651 Å². The van der Waals surface area contributed by atoms with Gasteiger partial charge in [-0.15, -0.1) is 0 Å². The molecule has 0 aliphatic rings. The number of rotatable bonds is 87. The highest BCUT2D eigenvalue weighted by Crippen LogP contribution is 2.45. The molecule has 0 amide bonds. The van der Waals surface area contributed by atoms with E-state index < -0.39 is 97.5 Å². The first kappa shape index (κ1) is 104. The van der Waals surface area contributed by atoms with Gasteiger partial charge in [0, 0.05) is 25.7 Å². The van der Waals surface area contributed by atoms with Crippen LogP contribution in [0.15, 0.2) is 0 Å². The zero-order chi connectivity index (χ0) is 77.6. The van der Waals surface area contributed by atoms with Gasteiger partial charge in [0.05, 0.1) is 26.4 Å². The van der Waals surface area contributed by atoms with Crippen molar-refractivity contribution >= 4 is 39.5 Å². The average Bonchev–Trinajstić information content (AvgIpc) is 0.900. The molecule has 0 spiro atoms.